The molecule has 0 fully saturated rings. The first kappa shape index (κ1) is 12.8. The third kappa shape index (κ3) is 2.62. The summed E-state index contributed by atoms with van der Waals surface area (Å²) in [5.41, 5.74) is 4.78. The molecular formula is C16H16ClN. The summed E-state index contributed by atoms with van der Waals surface area (Å²) in [6.45, 7) is 5.96. The topological polar surface area (TPSA) is 12.9 Å². The van der Waals surface area contributed by atoms with Gasteiger partial charge in [-0.15, -0.1) is 6.58 Å². The van der Waals surface area contributed by atoms with Gasteiger partial charge in [0.05, 0.1) is 0 Å². The van der Waals surface area contributed by atoms with Crippen molar-refractivity contribution in [1.82, 2.24) is 4.98 Å². The van der Waals surface area contributed by atoms with Crippen LogP contribution >= 0.6 is 11.6 Å². The zero-order valence-electron chi connectivity index (χ0n) is 10.5. The molecule has 2 heteroatoms. The van der Waals surface area contributed by atoms with E-state index in [4.69, 9.17) is 11.6 Å². The first-order valence-electron chi connectivity index (χ1n) is 6.09. The number of halogens is 1. The van der Waals surface area contributed by atoms with E-state index in [0.29, 0.717) is 5.15 Å². The van der Waals surface area contributed by atoms with Gasteiger partial charge in [0.15, 0.2) is 0 Å². The monoisotopic (exact) mass is 257 g/mol. The number of benzene rings is 1. The summed E-state index contributed by atoms with van der Waals surface area (Å²) in [5, 5.41) is 0.552. The van der Waals surface area contributed by atoms with E-state index < -0.39 is 0 Å². The van der Waals surface area contributed by atoms with Crippen molar-refractivity contribution in [2.75, 3.05) is 0 Å². The van der Waals surface area contributed by atoms with E-state index in [-0.39, 0.29) is 0 Å². The predicted molar refractivity (Wildman–Crippen MR) is 78.0 cm³/mol. The van der Waals surface area contributed by atoms with E-state index >= 15 is 0 Å². The highest BCUT2D eigenvalue weighted by Crippen LogP contribution is 2.28. The summed E-state index contributed by atoms with van der Waals surface area (Å²) in [6.07, 6.45) is 5.56. The first-order valence-corrected chi connectivity index (χ1v) is 6.47. The molecular weight excluding hydrogens is 242 g/mol. The Balaban J connectivity index is 2.47. The average molecular weight is 258 g/mol. The van der Waals surface area contributed by atoms with Crippen LogP contribution < -0.4 is 0 Å². The van der Waals surface area contributed by atoms with E-state index in [0.717, 1.165) is 24.0 Å². The number of hydrogen-bond acceptors (Lipinski definition) is 1. The van der Waals surface area contributed by atoms with Gasteiger partial charge in [-0.05, 0) is 41.7 Å². The molecule has 1 heterocycles. The molecule has 1 aromatic heterocycles. The molecule has 0 bridgehead atoms. The number of rotatable bonds is 4. The highest BCUT2D eigenvalue weighted by molar-refractivity contribution is 6.32. The molecule has 0 atom stereocenters. The van der Waals surface area contributed by atoms with Gasteiger partial charge in [-0.2, -0.15) is 0 Å². The predicted octanol–water partition coefficient (Wildman–Crippen LogP) is 4.69. The average Bonchev–Trinajstić information content (AvgIpc) is 2.40. The second-order valence-corrected chi connectivity index (χ2v) is 4.53. The zero-order valence-corrected chi connectivity index (χ0v) is 11.2. The molecule has 0 aliphatic heterocycles. The molecule has 2 aromatic rings. The smallest absolute Gasteiger partial charge is 0.136 e. The number of allylic oxidation sites excluding steroid dienone is 1. The maximum atomic E-state index is 6.13. The Labute approximate surface area is 113 Å². The Morgan fingerprint density at radius 2 is 2.11 bits per heavy atom. The summed E-state index contributed by atoms with van der Waals surface area (Å²) in [7, 11) is 0. The minimum Gasteiger partial charge on any atom is -0.244 e. The second kappa shape index (κ2) is 5.83. The second-order valence-electron chi connectivity index (χ2n) is 4.17. The van der Waals surface area contributed by atoms with Gasteiger partial charge in [0.25, 0.3) is 0 Å². The minimum absolute atomic E-state index is 0.552. The molecule has 0 spiro atoms. The van der Waals surface area contributed by atoms with Crippen molar-refractivity contribution < 1.29 is 0 Å². The van der Waals surface area contributed by atoms with Gasteiger partial charge < -0.3 is 0 Å². The Hall–Kier alpha value is -1.60. The van der Waals surface area contributed by atoms with Crippen LogP contribution in [0.2, 0.25) is 5.15 Å². The fourth-order valence-corrected chi connectivity index (χ4v) is 2.31. The Kier molecular flexibility index (Phi) is 4.16. The Morgan fingerprint density at radius 1 is 1.28 bits per heavy atom. The van der Waals surface area contributed by atoms with Crippen LogP contribution in [0.25, 0.3) is 11.1 Å². The van der Waals surface area contributed by atoms with E-state index in [9.17, 15) is 0 Å². The van der Waals surface area contributed by atoms with Gasteiger partial charge in [-0.3, -0.25) is 0 Å². The molecule has 0 aliphatic carbocycles. The van der Waals surface area contributed by atoms with E-state index in [2.05, 4.69) is 36.7 Å². The van der Waals surface area contributed by atoms with Crippen LogP contribution in [0, 0.1) is 0 Å². The van der Waals surface area contributed by atoms with Crippen molar-refractivity contribution in [3.8, 4) is 11.1 Å². The third-order valence-electron chi connectivity index (χ3n) is 3.02. The molecule has 2 rings (SSSR count). The van der Waals surface area contributed by atoms with E-state index in [1.807, 2.05) is 18.2 Å². The fraction of sp³-hybridized carbons (Fsp3) is 0.188. The lowest BCUT2D eigenvalue weighted by Crippen LogP contribution is -1.93. The fourth-order valence-electron chi connectivity index (χ4n) is 2.08. The van der Waals surface area contributed by atoms with Crippen molar-refractivity contribution in [2.24, 2.45) is 0 Å². The summed E-state index contributed by atoms with van der Waals surface area (Å²) < 4.78 is 0. The maximum absolute atomic E-state index is 6.13. The number of aromatic nitrogens is 1. The number of nitrogens with zero attached hydrogens (tertiary/aromatic N) is 1. The quantitative estimate of drug-likeness (QED) is 0.572. The minimum atomic E-state index is 0.552. The third-order valence-corrected chi connectivity index (χ3v) is 3.32. The number of pyridine rings is 1. The summed E-state index contributed by atoms with van der Waals surface area (Å²) >= 11 is 6.13. The molecule has 1 aromatic carbocycles. The SMILES string of the molecule is C=CCc1ccc(-c2cccnc2Cl)cc1CC. The number of aryl methyl sites for hydroxylation is 1. The zero-order chi connectivity index (χ0) is 13.0. The molecule has 1 nitrogen and oxygen atoms in total. The van der Waals surface area contributed by atoms with Gasteiger partial charge in [0.1, 0.15) is 5.15 Å². The molecule has 0 aliphatic rings. The summed E-state index contributed by atoms with van der Waals surface area (Å²) in [6, 6.07) is 10.4. The van der Waals surface area contributed by atoms with Crippen LogP contribution in [0.5, 0.6) is 0 Å². The van der Waals surface area contributed by atoms with Gasteiger partial charge in [-0.25, -0.2) is 4.98 Å². The van der Waals surface area contributed by atoms with Crippen molar-refractivity contribution in [3.63, 3.8) is 0 Å². The van der Waals surface area contributed by atoms with Crippen LogP contribution in [0.1, 0.15) is 18.1 Å². The summed E-state index contributed by atoms with van der Waals surface area (Å²) in [5.74, 6) is 0. The lowest BCUT2D eigenvalue weighted by atomic mass is 9.97. The normalized spacial score (nSPS) is 10.3. The van der Waals surface area contributed by atoms with Crippen LogP contribution in [0.15, 0.2) is 49.2 Å². The highest BCUT2D eigenvalue weighted by Gasteiger charge is 2.06. The number of hydrogen-bond donors (Lipinski definition) is 0. The summed E-state index contributed by atoms with van der Waals surface area (Å²) in [4.78, 5) is 4.12. The lowest BCUT2D eigenvalue weighted by molar-refractivity contribution is 1.08. The molecule has 0 saturated heterocycles. The molecule has 0 amide bonds. The standard InChI is InChI=1S/C16H16ClN/c1-3-6-13-8-9-14(11-12(13)4-2)15-7-5-10-18-16(15)17/h3,5,7-11H,1,4,6H2,2H3. The molecule has 0 N–H and O–H groups in total. The van der Waals surface area contributed by atoms with Gasteiger partial charge >= 0.3 is 0 Å². The molecule has 0 unspecified atom stereocenters. The van der Waals surface area contributed by atoms with Gasteiger partial charge in [-0.1, -0.05) is 42.8 Å². The van der Waals surface area contributed by atoms with Gasteiger partial charge in [0, 0.05) is 11.8 Å². The highest BCUT2D eigenvalue weighted by atomic mass is 35.5. The Bertz CT molecular complexity index is 561. The van der Waals surface area contributed by atoms with Crippen molar-refractivity contribution >= 4 is 11.6 Å². The van der Waals surface area contributed by atoms with E-state index in [1.54, 1.807) is 6.20 Å². The van der Waals surface area contributed by atoms with Crippen LogP contribution in [0.4, 0.5) is 0 Å². The van der Waals surface area contributed by atoms with Crippen molar-refractivity contribution in [3.05, 3.63) is 65.5 Å². The molecule has 0 saturated carbocycles. The largest absolute Gasteiger partial charge is 0.244 e. The van der Waals surface area contributed by atoms with Crippen LogP contribution in [0.3, 0.4) is 0 Å². The molecule has 92 valence electrons. The maximum Gasteiger partial charge on any atom is 0.136 e. The Morgan fingerprint density at radius 3 is 2.78 bits per heavy atom. The van der Waals surface area contributed by atoms with Crippen LogP contribution in [-0.2, 0) is 12.8 Å². The lowest BCUT2D eigenvalue weighted by Gasteiger charge is -2.10. The molecule has 0 radical (unpaired) electrons. The van der Waals surface area contributed by atoms with Crippen molar-refractivity contribution in [1.29, 1.82) is 0 Å². The molecule has 18 heavy (non-hydrogen) atoms. The van der Waals surface area contributed by atoms with E-state index in [1.165, 1.54) is 11.1 Å². The van der Waals surface area contributed by atoms with Gasteiger partial charge in [0.2, 0.25) is 0 Å². The van der Waals surface area contributed by atoms with Crippen LogP contribution in [-0.4, -0.2) is 4.98 Å². The first-order chi connectivity index (χ1) is 8.76. The van der Waals surface area contributed by atoms with Crippen molar-refractivity contribution in [2.45, 2.75) is 19.8 Å².